The number of benzene rings is 1. The summed E-state index contributed by atoms with van der Waals surface area (Å²) in [5.41, 5.74) is 1.75. The minimum Gasteiger partial charge on any atom is -0.444 e. The van der Waals surface area contributed by atoms with Crippen molar-refractivity contribution >= 4 is 11.8 Å². The van der Waals surface area contributed by atoms with Gasteiger partial charge in [0.25, 0.3) is 0 Å². The highest BCUT2D eigenvalue weighted by molar-refractivity contribution is 5.68. The number of rotatable bonds is 2. The largest absolute Gasteiger partial charge is 0.444 e. The Morgan fingerprint density at radius 1 is 1.03 bits per heavy atom. The summed E-state index contributed by atoms with van der Waals surface area (Å²) in [4.78, 5) is 18.2. The first-order valence-corrected chi connectivity index (χ1v) is 12.6. The van der Waals surface area contributed by atoms with Gasteiger partial charge in [-0.1, -0.05) is 6.07 Å². The van der Waals surface area contributed by atoms with Crippen LogP contribution in [0.1, 0.15) is 70.0 Å². The van der Waals surface area contributed by atoms with Gasteiger partial charge in [-0.25, -0.2) is 9.69 Å². The third kappa shape index (κ3) is 4.63. The number of amides is 1. The summed E-state index contributed by atoms with van der Waals surface area (Å²) in [6.07, 6.45) is -1.40. The minimum absolute atomic E-state index is 0.0266. The second-order valence-corrected chi connectivity index (χ2v) is 11.6. The summed E-state index contributed by atoms with van der Waals surface area (Å²) in [5, 5.41) is 44.9. The molecular formula is C25H38N4O6. The molecule has 0 aromatic heterocycles. The van der Waals surface area contributed by atoms with E-state index in [0.717, 1.165) is 31.6 Å². The van der Waals surface area contributed by atoms with Crippen molar-refractivity contribution in [1.29, 1.82) is 0 Å². The Balaban J connectivity index is 1.28. The second-order valence-electron chi connectivity index (χ2n) is 11.6. The summed E-state index contributed by atoms with van der Waals surface area (Å²) >= 11 is 0. The fraction of sp³-hybridized carbons (Fsp3) is 0.720. The lowest BCUT2D eigenvalue weighted by atomic mass is 9.86. The summed E-state index contributed by atoms with van der Waals surface area (Å²) in [6, 6.07) is 5.23. The average molecular weight is 491 g/mol. The van der Waals surface area contributed by atoms with Crippen LogP contribution in [0.5, 0.6) is 0 Å². The number of fused-ring (bicyclic) bond motifs is 1. The number of likely N-dealkylation sites (tertiary alicyclic amines) is 1. The van der Waals surface area contributed by atoms with E-state index in [2.05, 4.69) is 10.2 Å². The molecule has 0 bridgehead atoms. The maximum absolute atomic E-state index is 12.5. The maximum Gasteiger partial charge on any atom is 0.410 e. The van der Waals surface area contributed by atoms with Crippen molar-refractivity contribution in [2.24, 2.45) is 5.41 Å². The Hall–Kier alpha value is -1.95. The number of anilines is 1. The van der Waals surface area contributed by atoms with Crippen molar-refractivity contribution < 1.29 is 30.0 Å². The molecule has 5 N–H and O–H groups in total. The van der Waals surface area contributed by atoms with Gasteiger partial charge in [-0.15, -0.1) is 0 Å². The SMILES string of the molecule is CC(C)(C)OC(=O)N1CCC2(CCN(c3ccc4c(c3)C(O)N(C3CCC(O)NC3O)C4O)C2)C1. The lowest BCUT2D eigenvalue weighted by Gasteiger charge is -2.40. The predicted octanol–water partition coefficient (Wildman–Crippen LogP) is 1.21. The maximum atomic E-state index is 12.5. The number of carbonyl (C=O) groups is 1. The molecule has 4 heterocycles. The van der Waals surface area contributed by atoms with E-state index >= 15 is 0 Å². The summed E-state index contributed by atoms with van der Waals surface area (Å²) < 4.78 is 5.56. The molecule has 6 atom stereocenters. The zero-order valence-electron chi connectivity index (χ0n) is 20.7. The first-order valence-electron chi connectivity index (χ1n) is 12.6. The molecule has 5 rings (SSSR count). The van der Waals surface area contributed by atoms with Crippen molar-refractivity contribution in [3.8, 4) is 0 Å². The molecule has 1 spiro atoms. The number of aliphatic hydroxyl groups is 4. The fourth-order valence-corrected chi connectivity index (χ4v) is 6.13. The molecule has 1 aromatic rings. The van der Waals surface area contributed by atoms with E-state index in [4.69, 9.17) is 4.74 Å². The van der Waals surface area contributed by atoms with Gasteiger partial charge in [-0.3, -0.25) is 5.32 Å². The third-order valence-corrected chi connectivity index (χ3v) is 7.93. The van der Waals surface area contributed by atoms with Crippen LogP contribution in [0.15, 0.2) is 18.2 Å². The van der Waals surface area contributed by atoms with Gasteiger partial charge < -0.3 is 35.0 Å². The number of nitrogens with zero attached hydrogens (tertiary/aromatic N) is 3. The molecule has 1 amide bonds. The normalized spacial score (nSPS) is 35.7. The van der Waals surface area contributed by atoms with Crippen molar-refractivity contribution in [2.45, 2.75) is 83.0 Å². The molecule has 6 unspecified atom stereocenters. The zero-order valence-corrected chi connectivity index (χ0v) is 20.7. The highest BCUT2D eigenvalue weighted by Crippen LogP contribution is 2.46. The van der Waals surface area contributed by atoms with Crippen LogP contribution in [0.3, 0.4) is 0 Å². The molecule has 4 aliphatic heterocycles. The van der Waals surface area contributed by atoms with Crippen molar-refractivity contribution in [3.05, 3.63) is 29.3 Å². The number of hydrogen-bond donors (Lipinski definition) is 5. The number of aliphatic hydroxyl groups excluding tert-OH is 4. The number of piperidine rings is 1. The van der Waals surface area contributed by atoms with E-state index in [1.54, 1.807) is 0 Å². The molecule has 194 valence electrons. The molecular weight excluding hydrogens is 452 g/mol. The van der Waals surface area contributed by atoms with Crippen LogP contribution in [-0.4, -0.2) is 86.6 Å². The van der Waals surface area contributed by atoms with Gasteiger partial charge >= 0.3 is 6.09 Å². The minimum atomic E-state index is -1.05. The van der Waals surface area contributed by atoms with Gasteiger partial charge in [0, 0.05) is 48.4 Å². The van der Waals surface area contributed by atoms with Crippen molar-refractivity contribution in [1.82, 2.24) is 15.1 Å². The Labute approximate surface area is 206 Å². The molecule has 10 nitrogen and oxygen atoms in total. The third-order valence-electron chi connectivity index (χ3n) is 7.93. The standard InChI is InChI=1S/C25H38N4O6/c1-24(2,3)35-23(34)28-11-9-25(14-28)8-10-27(13-25)15-4-5-16-17(12-15)22(33)29(21(16)32)18-6-7-19(30)26-20(18)31/h4-5,12,18-22,26,30-33H,6-11,13-14H2,1-3H3. The number of hydrogen-bond acceptors (Lipinski definition) is 9. The van der Waals surface area contributed by atoms with Gasteiger partial charge in [-0.05, 0) is 58.6 Å². The molecule has 35 heavy (non-hydrogen) atoms. The van der Waals surface area contributed by atoms with Crippen LogP contribution < -0.4 is 10.2 Å². The second kappa shape index (κ2) is 8.86. The molecule has 4 aliphatic rings. The zero-order chi connectivity index (χ0) is 25.1. The van der Waals surface area contributed by atoms with E-state index in [1.165, 1.54) is 4.90 Å². The van der Waals surface area contributed by atoms with Crippen LogP contribution in [0.25, 0.3) is 0 Å². The van der Waals surface area contributed by atoms with Gasteiger partial charge in [0.15, 0.2) is 0 Å². The first kappa shape index (κ1) is 24.7. The molecule has 0 saturated carbocycles. The van der Waals surface area contributed by atoms with Crippen LogP contribution in [0.4, 0.5) is 10.5 Å². The van der Waals surface area contributed by atoms with E-state index < -0.39 is 36.6 Å². The molecule has 0 radical (unpaired) electrons. The van der Waals surface area contributed by atoms with Gasteiger partial charge in [0.2, 0.25) is 0 Å². The quantitative estimate of drug-likeness (QED) is 0.415. The van der Waals surface area contributed by atoms with E-state index in [9.17, 15) is 25.2 Å². The van der Waals surface area contributed by atoms with Gasteiger partial charge in [-0.2, -0.15) is 0 Å². The number of nitrogens with one attached hydrogen (secondary N) is 1. The molecule has 0 aliphatic carbocycles. The van der Waals surface area contributed by atoms with E-state index in [0.29, 0.717) is 37.1 Å². The molecule has 3 saturated heterocycles. The smallest absolute Gasteiger partial charge is 0.410 e. The highest BCUT2D eigenvalue weighted by atomic mass is 16.6. The molecule has 1 aromatic carbocycles. The molecule has 3 fully saturated rings. The highest BCUT2D eigenvalue weighted by Gasteiger charge is 2.47. The topological polar surface area (TPSA) is 129 Å². The number of ether oxygens (including phenoxy) is 1. The predicted molar refractivity (Wildman–Crippen MR) is 128 cm³/mol. The molecule has 10 heteroatoms. The first-order chi connectivity index (χ1) is 16.5. The van der Waals surface area contributed by atoms with E-state index in [1.807, 2.05) is 43.9 Å². The lowest BCUT2D eigenvalue weighted by molar-refractivity contribution is -0.159. The monoisotopic (exact) mass is 490 g/mol. The van der Waals surface area contributed by atoms with Crippen molar-refractivity contribution in [2.75, 3.05) is 31.1 Å². The Morgan fingerprint density at radius 3 is 2.46 bits per heavy atom. The van der Waals surface area contributed by atoms with Crippen LogP contribution in [0, 0.1) is 5.41 Å². The summed E-state index contributed by atoms with van der Waals surface area (Å²) in [7, 11) is 0. The Kier molecular flexibility index (Phi) is 6.26. The van der Waals surface area contributed by atoms with Crippen molar-refractivity contribution in [3.63, 3.8) is 0 Å². The average Bonchev–Trinajstić information content (AvgIpc) is 3.46. The van der Waals surface area contributed by atoms with E-state index in [-0.39, 0.29) is 11.5 Å². The summed E-state index contributed by atoms with van der Waals surface area (Å²) in [5.74, 6) is 0. The van der Waals surface area contributed by atoms with Crippen LogP contribution in [0.2, 0.25) is 0 Å². The Bertz CT molecular complexity index is 970. The van der Waals surface area contributed by atoms with Crippen LogP contribution in [-0.2, 0) is 4.74 Å². The van der Waals surface area contributed by atoms with Gasteiger partial charge in [0.05, 0.1) is 6.04 Å². The lowest BCUT2D eigenvalue weighted by Crippen LogP contribution is -2.57. The fourth-order valence-electron chi connectivity index (χ4n) is 6.13. The number of carbonyl (C=O) groups excluding carboxylic acids is 1. The summed E-state index contributed by atoms with van der Waals surface area (Å²) in [6.45, 7) is 8.68. The Morgan fingerprint density at radius 2 is 1.74 bits per heavy atom. The van der Waals surface area contributed by atoms with Gasteiger partial charge in [0.1, 0.15) is 30.5 Å². The van der Waals surface area contributed by atoms with Crippen LogP contribution >= 0.6 is 0 Å².